The van der Waals surface area contributed by atoms with Gasteiger partial charge in [-0.05, 0) is 6.92 Å². The van der Waals surface area contributed by atoms with Crippen molar-refractivity contribution in [3.8, 4) is 0 Å². The van der Waals surface area contributed by atoms with Crippen LogP contribution in [-0.2, 0) is 9.53 Å². The molecule has 0 aromatic rings. The van der Waals surface area contributed by atoms with Gasteiger partial charge in [0.2, 0.25) is 0 Å². The summed E-state index contributed by atoms with van der Waals surface area (Å²) in [6.07, 6.45) is 0.0737. The summed E-state index contributed by atoms with van der Waals surface area (Å²) in [5.74, 6) is -0.827. The minimum Gasteiger partial charge on any atom is -0.481 e. The minimum absolute atomic E-state index is 0.0737. The summed E-state index contributed by atoms with van der Waals surface area (Å²) in [6.45, 7) is 3.45. The summed E-state index contributed by atoms with van der Waals surface area (Å²) in [6, 6.07) is 0. The fourth-order valence-corrected chi connectivity index (χ4v) is 0.264. The molecule has 0 saturated carbocycles. The predicted molar refractivity (Wildman–Crippen MR) is 28.2 cm³/mol. The van der Waals surface area contributed by atoms with Crippen LogP contribution < -0.4 is 0 Å². The van der Waals surface area contributed by atoms with Gasteiger partial charge in [-0.25, -0.2) is 0 Å². The van der Waals surface area contributed by atoms with E-state index in [0.29, 0.717) is 0 Å². The number of carboxylic acids is 1. The Morgan fingerprint density at radius 3 is 2.88 bits per heavy atom. The maximum atomic E-state index is 9.78. The first kappa shape index (κ1) is 7.43. The van der Waals surface area contributed by atoms with Gasteiger partial charge in [-0.15, -0.1) is 0 Å². The maximum absolute atomic E-state index is 9.78. The van der Waals surface area contributed by atoms with E-state index in [1.165, 1.54) is 6.61 Å². The zero-order chi connectivity index (χ0) is 6.41. The van der Waals surface area contributed by atoms with Crippen LogP contribution in [0, 0.1) is 6.61 Å². The molecule has 0 unspecified atom stereocenters. The fraction of sp³-hybridized carbons (Fsp3) is 0.600. The molecule has 8 heavy (non-hydrogen) atoms. The number of hydrogen-bond donors (Lipinski definition) is 1. The van der Waals surface area contributed by atoms with Crippen LogP contribution in [0.4, 0.5) is 0 Å². The molecule has 3 nitrogen and oxygen atoms in total. The number of hydrogen-bond acceptors (Lipinski definition) is 2. The van der Waals surface area contributed by atoms with Crippen molar-refractivity contribution in [1.29, 1.82) is 0 Å². The second-order valence-electron chi connectivity index (χ2n) is 1.25. The molecule has 3 heteroatoms. The SMILES string of the molecule is C[CH]OCCC(=O)O. The van der Waals surface area contributed by atoms with Gasteiger partial charge in [0, 0.05) is 0 Å². The Morgan fingerprint density at radius 2 is 2.50 bits per heavy atom. The highest BCUT2D eigenvalue weighted by atomic mass is 16.5. The molecule has 0 aromatic heterocycles. The molecule has 1 radical (unpaired) electrons. The first-order valence-electron chi connectivity index (χ1n) is 2.38. The van der Waals surface area contributed by atoms with Gasteiger partial charge in [-0.1, -0.05) is 0 Å². The number of aliphatic carboxylic acids is 1. The highest BCUT2D eigenvalue weighted by molar-refractivity contribution is 5.66. The Kier molecular flexibility index (Phi) is 4.26. The van der Waals surface area contributed by atoms with Crippen LogP contribution in [0.15, 0.2) is 0 Å². The Morgan fingerprint density at radius 1 is 1.88 bits per heavy atom. The molecule has 0 aromatic carbocycles. The molecule has 0 bridgehead atoms. The molecule has 0 fully saturated rings. The summed E-state index contributed by atoms with van der Waals surface area (Å²) >= 11 is 0. The summed E-state index contributed by atoms with van der Waals surface area (Å²) in [7, 11) is 0. The lowest BCUT2D eigenvalue weighted by molar-refractivity contribution is -0.137. The van der Waals surface area contributed by atoms with Gasteiger partial charge >= 0.3 is 5.97 Å². The molecule has 0 amide bonds. The highest BCUT2D eigenvalue weighted by Crippen LogP contribution is 1.83. The Labute approximate surface area is 48.3 Å². The Balaban J connectivity index is 2.82. The van der Waals surface area contributed by atoms with E-state index >= 15 is 0 Å². The molecule has 0 rings (SSSR count). The van der Waals surface area contributed by atoms with E-state index in [0.717, 1.165) is 0 Å². The van der Waals surface area contributed by atoms with Crippen molar-refractivity contribution < 1.29 is 14.6 Å². The third-order valence-corrected chi connectivity index (χ3v) is 0.600. The van der Waals surface area contributed by atoms with Crippen LogP contribution in [-0.4, -0.2) is 17.7 Å². The zero-order valence-electron chi connectivity index (χ0n) is 4.76. The average molecular weight is 117 g/mol. The van der Waals surface area contributed by atoms with E-state index < -0.39 is 5.97 Å². The van der Waals surface area contributed by atoms with Crippen LogP contribution in [0.2, 0.25) is 0 Å². The van der Waals surface area contributed by atoms with Crippen molar-refractivity contribution in [3.63, 3.8) is 0 Å². The molecule has 0 aliphatic rings. The minimum atomic E-state index is -0.827. The number of carboxylic acid groups (broad SMARTS) is 1. The number of rotatable bonds is 4. The maximum Gasteiger partial charge on any atom is 0.305 e. The molecule has 0 spiro atoms. The van der Waals surface area contributed by atoms with Crippen molar-refractivity contribution in [2.75, 3.05) is 6.61 Å². The third kappa shape index (κ3) is 5.43. The van der Waals surface area contributed by atoms with Crippen molar-refractivity contribution in [1.82, 2.24) is 0 Å². The molecule has 47 valence electrons. The van der Waals surface area contributed by atoms with E-state index in [9.17, 15) is 4.79 Å². The number of ether oxygens (including phenoxy) is 1. The van der Waals surface area contributed by atoms with Gasteiger partial charge in [0.25, 0.3) is 0 Å². The largest absolute Gasteiger partial charge is 0.481 e. The predicted octanol–water partition coefficient (Wildman–Crippen LogP) is 0.659. The third-order valence-electron chi connectivity index (χ3n) is 0.600. The Bertz CT molecular complexity index is 70.1. The fourth-order valence-electron chi connectivity index (χ4n) is 0.264. The Hall–Kier alpha value is -0.570. The second-order valence-corrected chi connectivity index (χ2v) is 1.25. The standard InChI is InChI=1S/C5H9O3/c1-2-8-4-3-5(6)7/h2H,3-4H2,1H3,(H,6,7). The molecule has 0 atom stereocenters. The summed E-state index contributed by atoms with van der Waals surface area (Å²) < 4.78 is 4.64. The van der Waals surface area contributed by atoms with Crippen molar-refractivity contribution >= 4 is 5.97 Å². The lowest BCUT2D eigenvalue weighted by atomic mass is 10.5. The number of carbonyl (C=O) groups is 1. The molecular weight excluding hydrogens is 108 g/mol. The monoisotopic (exact) mass is 117 g/mol. The topological polar surface area (TPSA) is 46.5 Å². The smallest absolute Gasteiger partial charge is 0.305 e. The molecule has 0 heterocycles. The quantitative estimate of drug-likeness (QED) is 0.550. The zero-order valence-corrected chi connectivity index (χ0v) is 4.76. The van der Waals surface area contributed by atoms with Crippen LogP contribution in [0.3, 0.4) is 0 Å². The molecule has 0 saturated heterocycles. The lowest BCUT2D eigenvalue weighted by Gasteiger charge is -1.93. The van der Waals surface area contributed by atoms with Crippen LogP contribution in [0.1, 0.15) is 13.3 Å². The summed E-state index contributed by atoms with van der Waals surface area (Å²) in [5.41, 5.74) is 0. The van der Waals surface area contributed by atoms with Crippen molar-refractivity contribution in [2.24, 2.45) is 0 Å². The van der Waals surface area contributed by atoms with Gasteiger partial charge in [0.15, 0.2) is 0 Å². The normalized spacial score (nSPS) is 9.12. The van der Waals surface area contributed by atoms with Gasteiger partial charge in [0.1, 0.15) is 0 Å². The van der Waals surface area contributed by atoms with Crippen molar-refractivity contribution in [2.45, 2.75) is 13.3 Å². The van der Waals surface area contributed by atoms with Gasteiger partial charge in [0.05, 0.1) is 19.6 Å². The van der Waals surface area contributed by atoms with Gasteiger partial charge < -0.3 is 9.84 Å². The van der Waals surface area contributed by atoms with Gasteiger partial charge in [-0.3, -0.25) is 4.79 Å². The molecule has 1 N–H and O–H groups in total. The van der Waals surface area contributed by atoms with Crippen LogP contribution in [0.25, 0.3) is 0 Å². The van der Waals surface area contributed by atoms with E-state index in [1.807, 2.05) is 0 Å². The molecular formula is C5H9O3. The second kappa shape index (κ2) is 4.59. The summed E-state index contributed by atoms with van der Waals surface area (Å²) in [4.78, 5) is 9.78. The van der Waals surface area contributed by atoms with E-state index in [4.69, 9.17) is 5.11 Å². The molecule has 0 aliphatic carbocycles. The molecule has 0 aliphatic heterocycles. The highest BCUT2D eigenvalue weighted by Gasteiger charge is 1.93. The summed E-state index contributed by atoms with van der Waals surface area (Å²) in [5, 5.41) is 8.05. The lowest BCUT2D eigenvalue weighted by Crippen LogP contribution is -1.99. The van der Waals surface area contributed by atoms with Gasteiger partial charge in [-0.2, -0.15) is 0 Å². The first-order valence-corrected chi connectivity index (χ1v) is 2.38. The van der Waals surface area contributed by atoms with Crippen molar-refractivity contribution in [3.05, 3.63) is 6.61 Å². The van der Waals surface area contributed by atoms with Crippen LogP contribution >= 0.6 is 0 Å². The van der Waals surface area contributed by atoms with Crippen LogP contribution in [0.5, 0.6) is 0 Å². The first-order chi connectivity index (χ1) is 3.77. The van der Waals surface area contributed by atoms with E-state index in [1.54, 1.807) is 6.92 Å². The average Bonchev–Trinajstić information content (AvgIpc) is 1.66. The van der Waals surface area contributed by atoms with E-state index in [-0.39, 0.29) is 13.0 Å². The van der Waals surface area contributed by atoms with E-state index in [2.05, 4.69) is 4.74 Å².